The highest BCUT2D eigenvalue weighted by molar-refractivity contribution is 5.79. The summed E-state index contributed by atoms with van der Waals surface area (Å²) in [7, 11) is 0. The molecule has 0 aliphatic rings. The number of benzene rings is 1. The first kappa shape index (κ1) is 16.2. The molecule has 0 bridgehead atoms. The number of aromatic nitrogens is 1. The van der Waals surface area contributed by atoms with Crippen LogP contribution in [0, 0.1) is 19.8 Å². The highest BCUT2D eigenvalue weighted by Crippen LogP contribution is 2.19. The number of hydrogen-bond acceptors (Lipinski definition) is 4. The average Bonchev–Trinajstić information content (AvgIpc) is 2.86. The van der Waals surface area contributed by atoms with E-state index in [0.29, 0.717) is 13.0 Å². The van der Waals surface area contributed by atoms with Crippen molar-refractivity contribution in [1.82, 2.24) is 10.5 Å². The predicted octanol–water partition coefficient (Wildman–Crippen LogP) is 2.29. The molecule has 5 nitrogen and oxygen atoms in total. The third-order valence-corrected chi connectivity index (χ3v) is 3.99. The molecule has 2 aromatic rings. The third kappa shape index (κ3) is 3.74. The van der Waals surface area contributed by atoms with Gasteiger partial charge in [-0.2, -0.15) is 0 Å². The minimum atomic E-state index is -0.305. The van der Waals surface area contributed by atoms with Crippen molar-refractivity contribution in [2.45, 2.75) is 33.2 Å². The largest absolute Gasteiger partial charge is 0.361 e. The standard InChI is InChI=1S/C17H23N3O2/c1-11(16(18)14-7-5-4-6-8-14)17(21)19-10-9-15-12(2)20-22-13(15)3/h4-8,11,16H,9-10,18H2,1-3H3,(H,19,21). The van der Waals surface area contributed by atoms with Crippen LogP contribution in [0.1, 0.15) is 35.5 Å². The van der Waals surface area contributed by atoms with Crippen LogP contribution in [0.2, 0.25) is 0 Å². The van der Waals surface area contributed by atoms with Crippen LogP contribution in [0.3, 0.4) is 0 Å². The van der Waals surface area contributed by atoms with Crippen LogP contribution >= 0.6 is 0 Å². The van der Waals surface area contributed by atoms with E-state index in [2.05, 4.69) is 10.5 Å². The molecule has 0 saturated carbocycles. The molecule has 0 saturated heterocycles. The smallest absolute Gasteiger partial charge is 0.224 e. The minimum absolute atomic E-state index is 0.0388. The van der Waals surface area contributed by atoms with Crippen LogP contribution in [0.5, 0.6) is 0 Å². The summed E-state index contributed by atoms with van der Waals surface area (Å²) >= 11 is 0. The molecule has 0 aliphatic carbocycles. The topological polar surface area (TPSA) is 81.2 Å². The van der Waals surface area contributed by atoms with Crippen molar-refractivity contribution in [1.29, 1.82) is 0 Å². The van der Waals surface area contributed by atoms with E-state index in [-0.39, 0.29) is 17.9 Å². The molecular formula is C17H23N3O2. The van der Waals surface area contributed by atoms with E-state index in [0.717, 1.165) is 22.6 Å². The Kier molecular flexibility index (Phi) is 5.33. The Morgan fingerprint density at radius 2 is 2.00 bits per heavy atom. The lowest BCUT2D eigenvalue weighted by atomic mass is 9.94. The van der Waals surface area contributed by atoms with Crippen molar-refractivity contribution in [3.8, 4) is 0 Å². The van der Waals surface area contributed by atoms with E-state index in [1.807, 2.05) is 51.1 Å². The maximum Gasteiger partial charge on any atom is 0.224 e. The second-order valence-electron chi connectivity index (χ2n) is 5.57. The quantitative estimate of drug-likeness (QED) is 0.857. The molecule has 2 atom stereocenters. The number of carbonyl (C=O) groups excluding carboxylic acids is 1. The number of nitrogens with one attached hydrogen (secondary N) is 1. The van der Waals surface area contributed by atoms with Crippen molar-refractivity contribution in [3.63, 3.8) is 0 Å². The van der Waals surface area contributed by atoms with Crippen LogP contribution in [0.25, 0.3) is 0 Å². The van der Waals surface area contributed by atoms with Crippen molar-refractivity contribution in [2.24, 2.45) is 11.7 Å². The summed E-state index contributed by atoms with van der Waals surface area (Å²) < 4.78 is 5.11. The summed E-state index contributed by atoms with van der Waals surface area (Å²) in [6, 6.07) is 9.37. The van der Waals surface area contributed by atoms with E-state index in [1.54, 1.807) is 0 Å². The Bertz CT molecular complexity index is 603. The molecule has 1 aromatic heterocycles. The zero-order valence-corrected chi connectivity index (χ0v) is 13.3. The first-order chi connectivity index (χ1) is 10.5. The van der Waals surface area contributed by atoms with Crippen LogP contribution in [-0.4, -0.2) is 17.6 Å². The fourth-order valence-corrected chi connectivity index (χ4v) is 2.46. The number of nitrogens with zero attached hydrogens (tertiary/aromatic N) is 1. The summed E-state index contributed by atoms with van der Waals surface area (Å²) in [5, 5.41) is 6.85. The van der Waals surface area contributed by atoms with Gasteiger partial charge in [0.05, 0.1) is 11.6 Å². The second kappa shape index (κ2) is 7.22. The maximum atomic E-state index is 12.2. The Morgan fingerprint density at radius 3 is 2.59 bits per heavy atom. The number of hydrogen-bond donors (Lipinski definition) is 2. The molecular weight excluding hydrogens is 278 g/mol. The zero-order valence-electron chi connectivity index (χ0n) is 13.3. The van der Waals surface area contributed by atoms with Crippen molar-refractivity contribution in [2.75, 3.05) is 6.54 Å². The lowest BCUT2D eigenvalue weighted by Crippen LogP contribution is -2.36. The summed E-state index contributed by atoms with van der Waals surface area (Å²) in [6.45, 7) is 6.18. The van der Waals surface area contributed by atoms with E-state index in [4.69, 9.17) is 10.3 Å². The van der Waals surface area contributed by atoms with Gasteiger partial charge in [0.1, 0.15) is 5.76 Å². The highest BCUT2D eigenvalue weighted by Gasteiger charge is 2.21. The SMILES string of the molecule is Cc1noc(C)c1CCNC(=O)C(C)C(N)c1ccccc1. The van der Waals surface area contributed by atoms with Gasteiger partial charge >= 0.3 is 0 Å². The molecule has 1 amide bonds. The van der Waals surface area contributed by atoms with Crippen LogP contribution in [0.15, 0.2) is 34.9 Å². The first-order valence-corrected chi connectivity index (χ1v) is 7.50. The van der Waals surface area contributed by atoms with Gasteiger partial charge in [-0.25, -0.2) is 0 Å². The van der Waals surface area contributed by atoms with Crippen LogP contribution in [-0.2, 0) is 11.2 Å². The number of carbonyl (C=O) groups is 1. The zero-order chi connectivity index (χ0) is 16.1. The van der Waals surface area contributed by atoms with Gasteiger partial charge in [0, 0.05) is 18.2 Å². The minimum Gasteiger partial charge on any atom is -0.361 e. The average molecular weight is 301 g/mol. The molecule has 2 unspecified atom stereocenters. The highest BCUT2D eigenvalue weighted by atomic mass is 16.5. The second-order valence-corrected chi connectivity index (χ2v) is 5.57. The molecule has 1 aromatic carbocycles. The molecule has 1 heterocycles. The lowest BCUT2D eigenvalue weighted by Gasteiger charge is -2.19. The van der Waals surface area contributed by atoms with E-state index in [9.17, 15) is 4.79 Å². The summed E-state index contributed by atoms with van der Waals surface area (Å²) in [4.78, 5) is 12.2. The van der Waals surface area contributed by atoms with Gasteiger partial charge in [0.15, 0.2) is 0 Å². The molecule has 118 valence electrons. The molecule has 22 heavy (non-hydrogen) atoms. The number of nitrogens with two attached hydrogens (primary N) is 1. The Hall–Kier alpha value is -2.14. The van der Waals surface area contributed by atoms with E-state index in [1.165, 1.54) is 0 Å². The molecule has 5 heteroatoms. The fraction of sp³-hybridized carbons (Fsp3) is 0.412. The number of rotatable bonds is 6. The molecule has 0 radical (unpaired) electrons. The molecule has 3 N–H and O–H groups in total. The molecule has 2 rings (SSSR count). The molecule has 0 fully saturated rings. The van der Waals surface area contributed by atoms with E-state index >= 15 is 0 Å². The monoisotopic (exact) mass is 301 g/mol. The Morgan fingerprint density at radius 1 is 1.32 bits per heavy atom. The van der Waals surface area contributed by atoms with Crippen molar-refractivity contribution in [3.05, 3.63) is 52.9 Å². The van der Waals surface area contributed by atoms with Gasteiger partial charge < -0.3 is 15.6 Å². The maximum absolute atomic E-state index is 12.2. The van der Waals surface area contributed by atoms with Crippen molar-refractivity contribution < 1.29 is 9.32 Å². The lowest BCUT2D eigenvalue weighted by molar-refractivity contribution is -0.125. The van der Waals surface area contributed by atoms with Crippen LogP contribution in [0.4, 0.5) is 0 Å². The normalized spacial score (nSPS) is 13.6. The molecule has 0 aliphatic heterocycles. The van der Waals surface area contributed by atoms with Gasteiger partial charge in [-0.1, -0.05) is 42.4 Å². The van der Waals surface area contributed by atoms with Crippen LogP contribution < -0.4 is 11.1 Å². The number of amides is 1. The van der Waals surface area contributed by atoms with Gasteiger partial charge in [0.25, 0.3) is 0 Å². The Labute approximate surface area is 130 Å². The van der Waals surface area contributed by atoms with Gasteiger partial charge in [0.2, 0.25) is 5.91 Å². The predicted molar refractivity (Wildman–Crippen MR) is 85.2 cm³/mol. The van der Waals surface area contributed by atoms with Gasteiger partial charge in [-0.3, -0.25) is 4.79 Å². The summed E-state index contributed by atoms with van der Waals surface area (Å²) in [5.74, 6) is 0.482. The summed E-state index contributed by atoms with van der Waals surface area (Å²) in [5.41, 5.74) is 9.07. The third-order valence-electron chi connectivity index (χ3n) is 3.99. The Balaban J connectivity index is 1.87. The summed E-state index contributed by atoms with van der Waals surface area (Å²) in [6.07, 6.45) is 0.709. The van der Waals surface area contributed by atoms with E-state index < -0.39 is 0 Å². The number of aryl methyl sites for hydroxylation is 2. The van der Waals surface area contributed by atoms with Gasteiger partial charge in [-0.05, 0) is 25.8 Å². The van der Waals surface area contributed by atoms with Crippen molar-refractivity contribution >= 4 is 5.91 Å². The fourth-order valence-electron chi connectivity index (χ4n) is 2.46. The molecule has 0 spiro atoms. The first-order valence-electron chi connectivity index (χ1n) is 7.50. The van der Waals surface area contributed by atoms with Gasteiger partial charge in [-0.15, -0.1) is 0 Å².